The lowest BCUT2D eigenvalue weighted by Gasteiger charge is -2.06. The summed E-state index contributed by atoms with van der Waals surface area (Å²) in [4.78, 5) is 18.8. The van der Waals surface area contributed by atoms with Gasteiger partial charge in [0.2, 0.25) is 0 Å². The SMILES string of the molecule is CNCc1ccc(Sc2nccc(=O)[nH]2)cc1Cl. The molecule has 2 aromatic rings. The molecule has 1 heterocycles. The monoisotopic (exact) mass is 281 g/mol. The van der Waals surface area contributed by atoms with Gasteiger partial charge in [0.05, 0.1) is 0 Å². The molecule has 0 saturated heterocycles. The topological polar surface area (TPSA) is 57.8 Å². The Balaban J connectivity index is 2.20. The van der Waals surface area contributed by atoms with Crippen LogP contribution >= 0.6 is 23.4 Å². The summed E-state index contributed by atoms with van der Waals surface area (Å²) in [6, 6.07) is 7.16. The van der Waals surface area contributed by atoms with Crippen LogP contribution < -0.4 is 10.9 Å². The van der Waals surface area contributed by atoms with Crippen molar-refractivity contribution in [2.75, 3.05) is 7.05 Å². The molecule has 18 heavy (non-hydrogen) atoms. The maximum atomic E-state index is 11.1. The molecule has 0 aliphatic carbocycles. The lowest BCUT2D eigenvalue weighted by atomic mass is 10.2. The highest BCUT2D eigenvalue weighted by molar-refractivity contribution is 7.99. The first-order chi connectivity index (χ1) is 8.69. The lowest BCUT2D eigenvalue weighted by Crippen LogP contribution is -2.06. The Morgan fingerprint density at radius 2 is 2.28 bits per heavy atom. The molecule has 94 valence electrons. The largest absolute Gasteiger partial charge is 0.316 e. The fraction of sp³-hybridized carbons (Fsp3) is 0.167. The maximum Gasteiger partial charge on any atom is 0.251 e. The fourth-order valence-electron chi connectivity index (χ4n) is 1.44. The van der Waals surface area contributed by atoms with Crippen molar-refractivity contribution in [3.63, 3.8) is 0 Å². The van der Waals surface area contributed by atoms with Crippen LogP contribution in [0.4, 0.5) is 0 Å². The maximum absolute atomic E-state index is 11.1. The summed E-state index contributed by atoms with van der Waals surface area (Å²) < 4.78 is 0. The first kappa shape index (κ1) is 13.1. The van der Waals surface area contributed by atoms with E-state index in [0.29, 0.717) is 10.2 Å². The predicted octanol–water partition coefficient (Wildman–Crippen LogP) is 2.29. The molecule has 0 bridgehead atoms. The Kier molecular flexibility index (Phi) is 4.41. The molecule has 0 fully saturated rings. The summed E-state index contributed by atoms with van der Waals surface area (Å²) in [5.74, 6) is 0. The van der Waals surface area contributed by atoms with Gasteiger partial charge in [0, 0.05) is 28.7 Å². The molecule has 0 aliphatic heterocycles. The van der Waals surface area contributed by atoms with Gasteiger partial charge in [0.25, 0.3) is 5.56 Å². The average molecular weight is 282 g/mol. The molecule has 0 amide bonds. The van der Waals surface area contributed by atoms with E-state index in [1.54, 1.807) is 0 Å². The second-order valence-corrected chi connectivity index (χ2v) is 5.09. The number of aromatic nitrogens is 2. The van der Waals surface area contributed by atoms with Gasteiger partial charge < -0.3 is 10.3 Å². The highest BCUT2D eigenvalue weighted by atomic mass is 35.5. The molecule has 0 spiro atoms. The van der Waals surface area contributed by atoms with Crippen molar-refractivity contribution in [1.82, 2.24) is 15.3 Å². The first-order valence-electron chi connectivity index (χ1n) is 5.35. The first-order valence-corrected chi connectivity index (χ1v) is 6.54. The van der Waals surface area contributed by atoms with E-state index in [9.17, 15) is 4.79 Å². The number of aromatic amines is 1. The summed E-state index contributed by atoms with van der Waals surface area (Å²) >= 11 is 7.53. The summed E-state index contributed by atoms with van der Waals surface area (Å²) in [5, 5.41) is 4.31. The van der Waals surface area contributed by atoms with Crippen LogP contribution in [-0.4, -0.2) is 17.0 Å². The van der Waals surface area contributed by atoms with Crippen LogP contribution in [0.2, 0.25) is 5.02 Å². The molecular formula is C12H12ClN3OS. The standard InChI is InChI=1S/C12H12ClN3OS/c1-14-7-8-2-3-9(6-10(8)13)18-12-15-5-4-11(17)16-12/h2-6,14H,7H2,1H3,(H,15,16,17). The highest BCUT2D eigenvalue weighted by Gasteiger charge is 2.04. The normalized spacial score (nSPS) is 10.6. The summed E-state index contributed by atoms with van der Waals surface area (Å²) in [5.41, 5.74) is 0.878. The third-order valence-corrected chi connectivity index (χ3v) is 3.50. The molecule has 4 nitrogen and oxygen atoms in total. The molecule has 6 heteroatoms. The average Bonchev–Trinajstić information content (AvgIpc) is 2.33. The van der Waals surface area contributed by atoms with Gasteiger partial charge in [0.15, 0.2) is 5.16 Å². The third-order valence-electron chi connectivity index (χ3n) is 2.25. The van der Waals surface area contributed by atoms with Gasteiger partial charge >= 0.3 is 0 Å². The van der Waals surface area contributed by atoms with Gasteiger partial charge in [-0.3, -0.25) is 4.79 Å². The van der Waals surface area contributed by atoms with E-state index >= 15 is 0 Å². The number of hydrogen-bond donors (Lipinski definition) is 2. The smallest absolute Gasteiger partial charge is 0.251 e. The van der Waals surface area contributed by atoms with Gasteiger partial charge in [-0.25, -0.2) is 4.98 Å². The Labute approximate surface area is 114 Å². The van der Waals surface area contributed by atoms with Crippen molar-refractivity contribution < 1.29 is 0 Å². The second-order valence-electron chi connectivity index (χ2n) is 3.62. The van der Waals surface area contributed by atoms with Gasteiger partial charge in [-0.1, -0.05) is 29.4 Å². The lowest BCUT2D eigenvalue weighted by molar-refractivity contribution is 0.817. The summed E-state index contributed by atoms with van der Waals surface area (Å²) in [6.45, 7) is 0.726. The van der Waals surface area contributed by atoms with Crippen molar-refractivity contribution in [2.45, 2.75) is 16.6 Å². The Morgan fingerprint density at radius 3 is 2.94 bits per heavy atom. The second kappa shape index (κ2) is 6.04. The Bertz CT molecular complexity index is 600. The molecule has 0 radical (unpaired) electrons. The van der Waals surface area contributed by atoms with Crippen LogP contribution in [-0.2, 0) is 6.54 Å². The molecule has 0 unspecified atom stereocenters. The van der Waals surface area contributed by atoms with Gasteiger partial charge in [0.1, 0.15) is 0 Å². The minimum absolute atomic E-state index is 0.162. The molecule has 2 N–H and O–H groups in total. The van der Waals surface area contributed by atoms with Crippen molar-refractivity contribution >= 4 is 23.4 Å². The van der Waals surface area contributed by atoms with Crippen LogP contribution in [0.15, 0.2) is 45.3 Å². The van der Waals surface area contributed by atoms with Crippen LogP contribution in [0.25, 0.3) is 0 Å². The zero-order valence-electron chi connectivity index (χ0n) is 9.74. The third kappa shape index (κ3) is 3.35. The summed E-state index contributed by atoms with van der Waals surface area (Å²) in [6.07, 6.45) is 1.48. The molecule has 1 aromatic heterocycles. The van der Waals surface area contributed by atoms with E-state index in [4.69, 9.17) is 11.6 Å². The Morgan fingerprint density at radius 1 is 1.44 bits per heavy atom. The van der Waals surface area contributed by atoms with E-state index in [2.05, 4.69) is 15.3 Å². The molecule has 2 rings (SSSR count). The van der Waals surface area contributed by atoms with Gasteiger partial charge in [-0.15, -0.1) is 0 Å². The number of halogens is 1. The fourth-order valence-corrected chi connectivity index (χ4v) is 2.55. The zero-order chi connectivity index (χ0) is 13.0. The number of rotatable bonds is 4. The number of benzene rings is 1. The number of nitrogens with zero attached hydrogens (tertiary/aromatic N) is 1. The molecule has 0 atom stereocenters. The highest BCUT2D eigenvalue weighted by Crippen LogP contribution is 2.28. The van der Waals surface area contributed by atoms with Crippen LogP contribution in [0, 0.1) is 0 Å². The molecule has 1 aromatic carbocycles. The number of hydrogen-bond acceptors (Lipinski definition) is 4. The number of nitrogens with one attached hydrogen (secondary N) is 2. The van der Waals surface area contributed by atoms with Crippen molar-refractivity contribution in [1.29, 1.82) is 0 Å². The Hall–Kier alpha value is -1.30. The van der Waals surface area contributed by atoms with Crippen LogP contribution in [0.3, 0.4) is 0 Å². The van der Waals surface area contributed by atoms with Crippen LogP contribution in [0.5, 0.6) is 0 Å². The quantitative estimate of drug-likeness (QED) is 0.845. The predicted molar refractivity (Wildman–Crippen MR) is 73.2 cm³/mol. The van der Waals surface area contributed by atoms with Gasteiger partial charge in [-0.2, -0.15) is 0 Å². The zero-order valence-corrected chi connectivity index (χ0v) is 11.3. The van der Waals surface area contributed by atoms with Crippen LogP contribution in [0.1, 0.15) is 5.56 Å². The van der Waals surface area contributed by atoms with E-state index in [-0.39, 0.29) is 5.56 Å². The molecular weight excluding hydrogens is 270 g/mol. The van der Waals surface area contributed by atoms with E-state index in [1.807, 2.05) is 25.2 Å². The number of H-pyrrole nitrogens is 1. The van der Waals surface area contributed by atoms with E-state index < -0.39 is 0 Å². The van der Waals surface area contributed by atoms with Crippen molar-refractivity contribution in [3.05, 3.63) is 51.4 Å². The summed E-state index contributed by atoms with van der Waals surface area (Å²) in [7, 11) is 1.87. The minimum atomic E-state index is -0.162. The van der Waals surface area contributed by atoms with Crippen molar-refractivity contribution in [3.8, 4) is 0 Å². The molecule has 0 aliphatic rings. The minimum Gasteiger partial charge on any atom is -0.316 e. The van der Waals surface area contributed by atoms with Gasteiger partial charge in [-0.05, 0) is 24.7 Å². The van der Waals surface area contributed by atoms with E-state index in [1.165, 1.54) is 24.0 Å². The van der Waals surface area contributed by atoms with Crippen molar-refractivity contribution in [2.24, 2.45) is 0 Å². The van der Waals surface area contributed by atoms with E-state index in [0.717, 1.165) is 17.0 Å². The molecule has 0 saturated carbocycles.